The molecule has 12 N–H and O–H groups in total. The first-order chi connectivity index (χ1) is 12.5. The van der Waals surface area contributed by atoms with Crippen LogP contribution in [0, 0.1) is 0 Å². The molecule has 0 fully saturated rings. The van der Waals surface area contributed by atoms with Gasteiger partial charge in [0.15, 0.2) is 0 Å². The molecule has 0 saturated carbocycles. The van der Waals surface area contributed by atoms with Crippen LogP contribution >= 0.6 is 0 Å². The number of carboxylic acids is 5. The van der Waals surface area contributed by atoms with Crippen LogP contribution < -0.4 is 102 Å². The van der Waals surface area contributed by atoms with Gasteiger partial charge < -0.3 is 74.1 Å². The standard InChI is InChI=1S/C14H23N3O10.K.4H3N.Pt/c18-10(19)5-15(1-3-16(6-11(20)21)7-12(22)23)2-4-17(8-13(24)25)9-14(26)27;;;;;;/h1-9H2,(H,18,19)(H,20,21)(H,22,23)(H,24,25)(H,26,27);;4*1H3;/q;+1;;;;;+4/p-5. The Hall–Kier alpha value is -0.605. The van der Waals surface area contributed by atoms with Crippen molar-refractivity contribution in [3.8, 4) is 0 Å². The van der Waals surface area contributed by atoms with Gasteiger partial charge in [0.05, 0.1) is 29.8 Å². The summed E-state index contributed by atoms with van der Waals surface area (Å²) in [4.78, 5) is 56.4. The second-order valence-corrected chi connectivity index (χ2v) is 5.56. The van der Waals surface area contributed by atoms with Crippen LogP contribution in [0.4, 0.5) is 0 Å². The maximum atomic E-state index is 10.8. The van der Waals surface area contributed by atoms with E-state index in [0.29, 0.717) is 0 Å². The van der Waals surface area contributed by atoms with Gasteiger partial charge in [-0.3, -0.25) is 14.7 Å². The summed E-state index contributed by atoms with van der Waals surface area (Å²) in [6, 6.07) is 0. The molecule has 19 heteroatoms. The van der Waals surface area contributed by atoms with Crippen LogP contribution in [0.15, 0.2) is 0 Å². The SMILES string of the molecule is N.N.N.N.O=C([O-])CN(CCN(CC(=O)[O-])CC(=O)[O-])CCN(CC(=O)[O-])CC(=O)[O-].[K+].[Pt+4]. The molecule has 0 aromatic rings. The van der Waals surface area contributed by atoms with E-state index in [1.165, 1.54) is 4.90 Å². The molecule has 0 spiro atoms. The Morgan fingerprint density at radius 2 is 0.576 bits per heavy atom. The molecule has 0 atom stereocenters. The summed E-state index contributed by atoms with van der Waals surface area (Å²) in [5.74, 6) is -7.67. The maximum absolute atomic E-state index is 10.8. The third-order valence-electron chi connectivity index (χ3n) is 3.23. The molecule has 0 radical (unpaired) electrons. The fourth-order valence-corrected chi connectivity index (χ4v) is 2.18. The number of carbonyl (C=O) groups excluding carboxylic acids is 5. The van der Waals surface area contributed by atoms with E-state index in [2.05, 4.69) is 0 Å². The van der Waals surface area contributed by atoms with E-state index in [1.54, 1.807) is 0 Å². The van der Waals surface area contributed by atoms with Crippen LogP contribution in [0.3, 0.4) is 0 Å². The van der Waals surface area contributed by atoms with E-state index in [1.807, 2.05) is 0 Å². The molecular formula is C14H30KN7O10Pt. The Bertz CT molecular complexity index is 504. The summed E-state index contributed by atoms with van der Waals surface area (Å²) in [5.41, 5.74) is 0. The van der Waals surface area contributed by atoms with Gasteiger partial charge >= 0.3 is 72.4 Å². The molecule has 0 heterocycles. The van der Waals surface area contributed by atoms with Gasteiger partial charge in [-0.15, -0.1) is 0 Å². The number of hydrogen-bond donors (Lipinski definition) is 4. The number of hydrogen-bond acceptors (Lipinski definition) is 17. The third-order valence-corrected chi connectivity index (χ3v) is 3.23. The Kier molecular flexibility index (Phi) is 41.5. The van der Waals surface area contributed by atoms with Crippen molar-refractivity contribution in [3.05, 3.63) is 0 Å². The van der Waals surface area contributed by atoms with Gasteiger partial charge in [-0.05, 0) is 0 Å². The molecule has 0 saturated heterocycles. The Labute approximate surface area is 247 Å². The second-order valence-electron chi connectivity index (χ2n) is 5.56. The topological polar surface area (TPSA) is 350 Å². The van der Waals surface area contributed by atoms with E-state index in [4.69, 9.17) is 0 Å². The fraction of sp³-hybridized carbons (Fsp3) is 0.643. The van der Waals surface area contributed by atoms with Crippen LogP contribution in [-0.2, 0) is 45.0 Å². The summed E-state index contributed by atoms with van der Waals surface area (Å²) in [6.45, 7) is -4.16. The number of aliphatic carboxylic acids is 5. The normalized spacial score (nSPS) is 9.06. The first-order valence-electron chi connectivity index (χ1n) is 7.66. The average molecular weight is 691 g/mol. The molecule has 0 bridgehead atoms. The smallest absolute Gasteiger partial charge is 0.549 e. The Balaban J connectivity index is -0.000000225. The van der Waals surface area contributed by atoms with E-state index in [-0.39, 0.29) is 123 Å². The quantitative estimate of drug-likeness (QED) is 0.109. The van der Waals surface area contributed by atoms with Gasteiger partial charge in [0.25, 0.3) is 0 Å². The Morgan fingerprint density at radius 3 is 0.758 bits per heavy atom. The van der Waals surface area contributed by atoms with Crippen LogP contribution in [0.2, 0.25) is 0 Å². The van der Waals surface area contributed by atoms with Gasteiger partial charge in [0.1, 0.15) is 0 Å². The minimum atomic E-state index is -1.54. The molecule has 0 rings (SSSR count). The molecule has 0 amide bonds. The van der Waals surface area contributed by atoms with Gasteiger partial charge in [-0.2, -0.15) is 0 Å². The third kappa shape index (κ3) is 31.4. The van der Waals surface area contributed by atoms with Crippen molar-refractivity contribution in [2.24, 2.45) is 0 Å². The number of nitrogens with zero attached hydrogens (tertiary/aromatic N) is 3. The monoisotopic (exact) mass is 690 g/mol. The van der Waals surface area contributed by atoms with E-state index in [9.17, 15) is 49.5 Å². The molecule has 0 aliphatic rings. The molecule has 33 heavy (non-hydrogen) atoms. The average Bonchev–Trinajstić information content (AvgIpc) is 2.46. The van der Waals surface area contributed by atoms with Crippen molar-refractivity contribution in [2.45, 2.75) is 0 Å². The molecule has 0 aliphatic heterocycles. The van der Waals surface area contributed by atoms with Crippen LogP contribution in [0.1, 0.15) is 0 Å². The van der Waals surface area contributed by atoms with Crippen molar-refractivity contribution in [1.29, 1.82) is 0 Å². The van der Waals surface area contributed by atoms with E-state index >= 15 is 0 Å². The predicted octanol–water partition coefficient (Wildman–Crippen LogP) is -11.7. The largest absolute Gasteiger partial charge is 4.00 e. The minimum Gasteiger partial charge on any atom is -0.549 e. The summed E-state index contributed by atoms with van der Waals surface area (Å²) in [5, 5.41) is 53.3. The summed E-state index contributed by atoms with van der Waals surface area (Å²) >= 11 is 0. The number of carbonyl (C=O) groups is 5. The molecule has 0 aromatic heterocycles. The van der Waals surface area contributed by atoms with Crippen molar-refractivity contribution >= 4 is 29.8 Å². The van der Waals surface area contributed by atoms with Crippen molar-refractivity contribution in [3.63, 3.8) is 0 Å². The molecule has 17 nitrogen and oxygen atoms in total. The zero-order valence-corrected chi connectivity index (χ0v) is 23.8. The van der Waals surface area contributed by atoms with Gasteiger partial charge in [0, 0.05) is 58.9 Å². The predicted molar refractivity (Wildman–Crippen MR) is 94.4 cm³/mol. The maximum Gasteiger partial charge on any atom is 4.00 e. The second kappa shape index (κ2) is 27.6. The Morgan fingerprint density at radius 1 is 0.424 bits per heavy atom. The van der Waals surface area contributed by atoms with Crippen LogP contribution in [0.25, 0.3) is 0 Å². The molecule has 192 valence electrons. The molecular weight excluding hydrogens is 660 g/mol. The van der Waals surface area contributed by atoms with Crippen LogP contribution in [0.5, 0.6) is 0 Å². The zero-order valence-electron chi connectivity index (χ0n) is 18.4. The van der Waals surface area contributed by atoms with Crippen molar-refractivity contribution in [2.75, 3.05) is 58.9 Å². The first kappa shape index (κ1) is 49.5. The van der Waals surface area contributed by atoms with Crippen molar-refractivity contribution < 1.29 is 122 Å². The molecule has 0 aromatic carbocycles. The van der Waals surface area contributed by atoms with E-state index < -0.39 is 62.6 Å². The van der Waals surface area contributed by atoms with Crippen molar-refractivity contribution in [1.82, 2.24) is 39.3 Å². The molecule has 0 aliphatic carbocycles. The molecule has 0 unspecified atom stereocenters. The minimum absolute atomic E-state index is 0. The zero-order chi connectivity index (χ0) is 21.0. The number of carboxylic acid groups (broad SMARTS) is 5. The van der Waals surface area contributed by atoms with Gasteiger partial charge in [-0.25, -0.2) is 0 Å². The first-order valence-corrected chi connectivity index (χ1v) is 7.66. The number of rotatable bonds is 16. The van der Waals surface area contributed by atoms with Crippen LogP contribution in [-0.4, -0.2) is 103 Å². The van der Waals surface area contributed by atoms with Gasteiger partial charge in [-0.1, -0.05) is 0 Å². The fourth-order valence-electron chi connectivity index (χ4n) is 2.18. The van der Waals surface area contributed by atoms with Gasteiger partial charge in [0.2, 0.25) is 0 Å². The summed E-state index contributed by atoms with van der Waals surface area (Å²) in [6.07, 6.45) is 0. The summed E-state index contributed by atoms with van der Waals surface area (Å²) < 4.78 is 0. The summed E-state index contributed by atoms with van der Waals surface area (Å²) in [7, 11) is 0. The van der Waals surface area contributed by atoms with E-state index in [0.717, 1.165) is 9.80 Å².